The van der Waals surface area contributed by atoms with Gasteiger partial charge in [0.2, 0.25) is 5.91 Å². The van der Waals surface area contributed by atoms with Crippen LogP contribution in [0.2, 0.25) is 0 Å². The highest BCUT2D eigenvalue weighted by Crippen LogP contribution is 2.34. The molecule has 98 valence electrons. The summed E-state index contributed by atoms with van der Waals surface area (Å²) in [4.78, 5) is 14.6. The van der Waals surface area contributed by atoms with Gasteiger partial charge in [-0.25, -0.2) is 0 Å². The molecule has 2 unspecified atom stereocenters. The van der Waals surface area contributed by atoms with Crippen LogP contribution in [0.5, 0.6) is 0 Å². The topological polar surface area (TPSA) is 52.6 Å². The first-order valence-electron chi connectivity index (χ1n) is 6.83. The molecule has 0 saturated carbocycles. The molecule has 2 rings (SSSR count). The van der Waals surface area contributed by atoms with Crippen molar-refractivity contribution in [2.45, 2.75) is 32.6 Å². The molecule has 0 aromatic rings. The summed E-state index contributed by atoms with van der Waals surface area (Å²) in [6, 6.07) is 0. The molecule has 0 radical (unpaired) electrons. The van der Waals surface area contributed by atoms with Gasteiger partial charge < -0.3 is 15.3 Å². The SMILES string of the molecule is CCC1(C(=O)N2CCC(CCO)C2)CCNC1. The molecule has 2 saturated heterocycles. The van der Waals surface area contributed by atoms with Gasteiger partial charge in [-0.2, -0.15) is 0 Å². The van der Waals surface area contributed by atoms with E-state index in [9.17, 15) is 4.79 Å². The molecular weight excluding hydrogens is 216 g/mol. The van der Waals surface area contributed by atoms with E-state index in [1.54, 1.807) is 0 Å². The van der Waals surface area contributed by atoms with E-state index in [-0.39, 0.29) is 12.0 Å². The van der Waals surface area contributed by atoms with Crippen molar-refractivity contribution in [1.29, 1.82) is 0 Å². The Bertz CT molecular complexity index is 275. The molecule has 2 N–H and O–H groups in total. The lowest BCUT2D eigenvalue weighted by Gasteiger charge is -2.30. The van der Waals surface area contributed by atoms with Crippen LogP contribution in [0.25, 0.3) is 0 Å². The van der Waals surface area contributed by atoms with Gasteiger partial charge in [0.15, 0.2) is 0 Å². The summed E-state index contributed by atoms with van der Waals surface area (Å²) < 4.78 is 0. The molecule has 2 heterocycles. The minimum absolute atomic E-state index is 0.145. The molecule has 1 amide bonds. The average molecular weight is 240 g/mol. The lowest BCUT2D eigenvalue weighted by atomic mass is 9.83. The normalized spacial score (nSPS) is 33.3. The molecule has 2 aliphatic heterocycles. The highest BCUT2D eigenvalue weighted by Gasteiger charge is 2.43. The van der Waals surface area contributed by atoms with Crippen LogP contribution in [0.1, 0.15) is 32.6 Å². The third kappa shape index (κ3) is 2.47. The molecule has 2 atom stereocenters. The average Bonchev–Trinajstić information content (AvgIpc) is 2.98. The van der Waals surface area contributed by atoms with Crippen molar-refractivity contribution in [2.75, 3.05) is 32.8 Å². The highest BCUT2D eigenvalue weighted by atomic mass is 16.3. The van der Waals surface area contributed by atoms with Crippen molar-refractivity contribution in [3.63, 3.8) is 0 Å². The number of hydrogen-bond donors (Lipinski definition) is 2. The maximum Gasteiger partial charge on any atom is 0.230 e. The van der Waals surface area contributed by atoms with Crippen molar-refractivity contribution in [3.05, 3.63) is 0 Å². The van der Waals surface area contributed by atoms with E-state index in [0.29, 0.717) is 11.8 Å². The Morgan fingerprint density at radius 1 is 1.59 bits per heavy atom. The Balaban J connectivity index is 1.96. The molecule has 0 aromatic carbocycles. The molecule has 0 aromatic heterocycles. The zero-order chi connectivity index (χ0) is 12.3. The van der Waals surface area contributed by atoms with Crippen LogP contribution in [0.15, 0.2) is 0 Å². The summed E-state index contributed by atoms with van der Waals surface area (Å²) in [6.07, 6.45) is 3.80. The van der Waals surface area contributed by atoms with Gasteiger partial charge in [-0.1, -0.05) is 6.92 Å². The second-order valence-electron chi connectivity index (χ2n) is 5.48. The summed E-state index contributed by atoms with van der Waals surface area (Å²) in [5, 5.41) is 12.3. The van der Waals surface area contributed by atoms with E-state index < -0.39 is 0 Å². The van der Waals surface area contributed by atoms with E-state index in [1.807, 2.05) is 4.90 Å². The van der Waals surface area contributed by atoms with Crippen molar-refractivity contribution in [1.82, 2.24) is 10.2 Å². The second kappa shape index (κ2) is 5.36. The Hall–Kier alpha value is -0.610. The summed E-state index contributed by atoms with van der Waals surface area (Å²) in [7, 11) is 0. The van der Waals surface area contributed by atoms with Crippen LogP contribution >= 0.6 is 0 Å². The van der Waals surface area contributed by atoms with Crippen LogP contribution in [0, 0.1) is 11.3 Å². The van der Waals surface area contributed by atoms with Crippen molar-refractivity contribution in [2.24, 2.45) is 11.3 Å². The van der Waals surface area contributed by atoms with Gasteiger partial charge in [0, 0.05) is 26.2 Å². The maximum absolute atomic E-state index is 12.6. The zero-order valence-electron chi connectivity index (χ0n) is 10.7. The fourth-order valence-electron chi connectivity index (χ4n) is 3.15. The van der Waals surface area contributed by atoms with Crippen molar-refractivity contribution in [3.8, 4) is 0 Å². The predicted molar refractivity (Wildman–Crippen MR) is 66.6 cm³/mol. The van der Waals surface area contributed by atoms with E-state index in [4.69, 9.17) is 5.11 Å². The Morgan fingerprint density at radius 2 is 2.41 bits per heavy atom. The Kier molecular flexibility index (Phi) is 4.05. The number of aliphatic hydroxyl groups excluding tert-OH is 1. The monoisotopic (exact) mass is 240 g/mol. The molecular formula is C13H24N2O2. The summed E-state index contributed by atoms with van der Waals surface area (Å²) >= 11 is 0. The fourth-order valence-corrected chi connectivity index (χ4v) is 3.15. The second-order valence-corrected chi connectivity index (χ2v) is 5.48. The van der Waals surface area contributed by atoms with Crippen LogP contribution in [-0.2, 0) is 4.79 Å². The first kappa shape index (κ1) is 12.8. The number of amides is 1. The molecule has 2 fully saturated rings. The quantitative estimate of drug-likeness (QED) is 0.757. The zero-order valence-corrected chi connectivity index (χ0v) is 10.7. The largest absolute Gasteiger partial charge is 0.396 e. The smallest absolute Gasteiger partial charge is 0.230 e. The standard InChI is InChI=1S/C13H24N2O2/c1-2-13(5-6-14-10-13)12(17)15-7-3-11(9-15)4-8-16/h11,14,16H,2-10H2,1H3. The van der Waals surface area contributed by atoms with Crippen LogP contribution in [0.3, 0.4) is 0 Å². The summed E-state index contributed by atoms with van der Waals surface area (Å²) in [6.45, 7) is 5.89. The van der Waals surface area contributed by atoms with Crippen LogP contribution in [-0.4, -0.2) is 48.7 Å². The number of nitrogens with one attached hydrogen (secondary N) is 1. The Morgan fingerprint density at radius 3 is 3.00 bits per heavy atom. The van der Waals surface area contributed by atoms with Crippen LogP contribution < -0.4 is 5.32 Å². The van der Waals surface area contributed by atoms with Gasteiger partial charge in [0.25, 0.3) is 0 Å². The Labute approximate surface area is 103 Å². The molecule has 2 aliphatic rings. The maximum atomic E-state index is 12.6. The number of carbonyl (C=O) groups is 1. The lowest BCUT2D eigenvalue weighted by molar-refractivity contribution is -0.140. The van der Waals surface area contributed by atoms with Crippen LogP contribution in [0.4, 0.5) is 0 Å². The van der Waals surface area contributed by atoms with Gasteiger partial charge in [-0.15, -0.1) is 0 Å². The van der Waals surface area contributed by atoms with Gasteiger partial charge in [-0.3, -0.25) is 4.79 Å². The van der Waals surface area contributed by atoms with E-state index in [2.05, 4.69) is 12.2 Å². The summed E-state index contributed by atoms with van der Waals surface area (Å²) in [5.74, 6) is 0.845. The minimum Gasteiger partial charge on any atom is -0.396 e. The van der Waals surface area contributed by atoms with Crippen molar-refractivity contribution < 1.29 is 9.90 Å². The molecule has 0 spiro atoms. The molecule has 4 nitrogen and oxygen atoms in total. The highest BCUT2D eigenvalue weighted by molar-refractivity contribution is 5.83. The first-order chi connectivity index (χ1) is 8.22. The van der Waals surface area contributed by atoms with Gasteiger partial charge in [-0.05, 0) is 38.1 Å². The van der Waals surface area contributed by atoms with E-state index in [1.165, 1.54) is 0 Å². The predicted octanol–water partition coefficient (Wildman–Crippen LogP) is 0.607. The number of likely N-dealkylation sites (tertiary alicyclic amines) is 1. The molecule has 0 bridgehead atoms. The van der Waals surface area contributed by atoms with E-state index in [0.717, 1.165) is 51.9 Å². The molecule has 0 aliphatic carbocycles. The van der Waals surface area contributed by atoms with Crippen molar-refractivity contribution >= 4 is 5.91 Å². The minimum atomic E-state index is -0.145. The number of carbonyl (C=O) groups excluding carboxylic acids is 1. The van der Waals surface area contributed by atoms with Gasteiger partial charge >= 0.3 is 0 Å². The molecule has 4 heteroatoms. The first-order valence-corrected chi connectivity index (χ1v) is 6.83. The lowest BCUT2D eigenvalue weighted by Crippen LogP contribution is -2.44. The summed E-state index contributed by atoms with van der Waals surface area (Å²) in [5.41, 5.74) is -0.145. The number of aliphatic hydroxyl groups is 1. The number of nitrogens with zero attached hydrogens (tertiary/aromatic N) is 1. The third-order valence-electron chi connectivity index (χ3n) is 4.48. The fraction of sp³-hybridized carbons (Fsp3) is 0.923. The van der Waals surface area contributed by atoms with Gasteiger partial charge in [0.1, 0.15) is 0 Å². The number of rotatable bonds is 4. The molecule has 17 heavy (non-hydrogen) atoms. The van der Waals surface area contributed by atoms with Gasteiger partial charge in [0.05, 0.1) is 5.41 Å². The number of hydrogen-bond acceptors (Lipinski definition) is 3. The van der Waals surface area contributed by atoms with E-state index >= 15 is 0 Å². The third-order valence-corrected chi connectivity index (χ3v) is 4.48.